The summed E-state index contributed by atoms with van der Waals surface area (Å²) in [6, 6.07) is 0. The van der Waals surface area contributed by atoms with Crippen molar-refractivity contribution in [2.75, 3.05) is 0 Å². The molecule has 0 aromatic carbocycles. The average Bonchev–Trinajstić information content (AvgIpc) is 2.46. The number of hydrogen-bond acceptors (Lipinski definition) is 2. The van der Waals surface area contributed by atoms with E-state index >= 15 is 0 Å². The van der Waals surface area contributed by atoms with Crippen molar-refractivity contribution in [2.45, 2.75) is 13.3 Å². The van der Waals surface area contributed by atoms with E-state index in [1.807, 2.05) is 0 Å². The van der Waals surface area contributed by atoms with Crippen molar-refractivity contribution < 1.29 is 19.8 Å². The van der Waals surface area contributed by atoms with E-state index in [0.29, 0.717) is 12.0 Å². The summed E-state index contributed by atoms with van der Waals surface area (Å²) in [5, 5.41) is 17.3. The SMILES string of the molecule is CCc1c(C(=O)O)c[nH]c1C(=O)O. The van der Waals surface area contributed by atoms with E-state index in [2.05, 4.69) is 4.98 Å². The first-order valence-electron chi connectivity index (χ1n) is 3.74. The van der Waals surface area contributed by atoms with E-state index in [9.17, 15) is 9.59 Å². The minimum atomic E-state index is -1.13. The molecule has 0 aliphatic heterocycles. The fraction of sp³-hybridized carbons (Fsp3) is 0.250. The van der Waals surface area contributed by atoms with Gasteiger partial charge in [0.15, 0.2) is 0 Å². The van der Waals surface area contributed by atoms with Crippen LogP contribution in [0.1, 0.15) is 33.3 Å². The van der Waals surface area contributed by atoms with Crippen LogP contribution in [0.3, 0.4) is 0 Å². The van der Waals surface area contributed by atoms with Gasteiger partial charge in [0.1, 0.15) is 5.69 Å². The normalized spacial score (nSPS) is 9.92. The first-order valence-corrected chi connectivity index (χ1v) is 3.74. The zero-order valence-corrected chi connectivity index (χ0v) is 7.00. The predicted octanol–water partition coefficient (Wildman–Crippen LogP) is 0.974. The zero-order chi connectivity index (χ0) is 10.0. The Kier molecular flexibility index (Phi) is 2.36. The molecule has 0 bridgehead atoms. The summed E-state index contributed by atoms with van der Waals surface area (Å²) < 4.78 is 0. The Morgan fingerprint density at radius 1 is 1.38 bits per heavy atom. The van der Waals surface area contributed by atoms with Crippen molar-refractivity contribution in [3.63, 3.8) is 0 Å². The molecule has 1 rings (SSSR count). The van der Waals surface area contributed by atoms with Crippen LogP contribution in [0.2, 0.25) is 0 Å². The van der Waals surface area contributed by atoms with Gasteiger partial charge < -0.3 is 15.2 Å². The third-order valence-corrected chi connectivity index (χ3v) is 1.79. The number of carboxylic acid groups (broad SMARTS) is 2. The van der Waals surface area contributed by atoms with Gasteiger partial charge in [-0.2, -0.15) is 0 Å². The molecule has 0 spiro atoms. The molecule has 0 radical (unpaired) electrons. The smallest absolute Gasteiger partial charge is 0.352 e. The lowest BCUT2D eigenvalue weighted by atomic mass is 10.1. The third-order valence-electron chi connectivity index (χ3n) is 1.79. The van der Waals surface area contributed by atoms with Gasteiger partial charge in [0.2, 0.25) is 0 Å². The molecule has 1 aromatic heterocycles. The Balaban J connectivity index is 3.26. The van der Waals surface area contributed by atoms with Gasteiger partial charge in [-0.05, 0) is 12.0 Å². The summed E-state index contributed by atoms with van der Waals surface area (Å²) in [6.07, 6.45) is 1.58. The second-order valence-electron chi connectivity index (χ2n) is 2.52. The molecule has 0 atom stereocenters. The molecule has 0 aliphatic carbocycles. The molecule has 0 saturated heterocycles. The second-order valence-corrected chi connectivity index (χ2v) is 2.52. The van der Waals surface area contributed by atoms with Crippen LogP contribution < -0.4 is 0 Å². The summed E-state index contributed by atoms with van der Waals surface area (Å²) in [5.41, 5.74) is 0.319. The van der Waals surface area contributed by atoms with Crippen LogP contribution in [-0.2, 0) is 6.42 Å². The number of carboxylic acids is 2. The Labute approximate surface area is 74.0 Å². The van der Waals surface area contributed by atoms with Crippen LogP contribution in [0.5, 0.6) is 0 Å². The van der Waals surface area contributed by atoms with Crippen LogP contribution in [0.25, 0.3) is 0 Å². The van der Waals surface area contributed by atoms with E-state index in [1.165, 1.54) is 6.20 Å². The van der Waals surface area contributed by atoms with Crippen molar-refractivity contribution in [1.29, 1.82) is 0 Å². The number of aromatic amines is 1. The van der Waals surface area contributed by atoms with Gasteiger partial charge in [0, 0.05) is 6.20 Å². The Bertz CT molecular complexity index is 322. The van der Waals surface area contributed by atoms with Crippen LogP contribution in [0, 0.1) is 0 Å². The lowest BCUT2D eigenvalue weighted by Gasteiger charge is -1.96. The molecule has 0 aliphatic rings. The first kappa shape index (κ1) is 9.31. The van der Waals surface area contributed by atoms with Crippen molar-refractivity contribution in [3.8, 4) is 0 Å². The van der Waals surface area contributed by atoms with E-state index in [0.717, 1.165) is 0 Å². The number of aromatic nitrogens is 1. The summed E-state index contributed by atoms with van der Waals surface area (Å²) >= 11 is 0. The number of aromatic carboxylic acids is 2. The van der Waals surface area contributed by atoms with Crippen LogP contribution in [0.4, 0.5) is 0 Å². The van der Waals surface area contributed by atoms with Crippen LogP contribution >= 0.6 is 0 Å². The van der Waals surface area contributed by atoms with E-state index in [1.54, 1.807) is 6.92 Å². The molecule has 3 N–H and O–H groups in total. The van der Waals surface area contributed by atoms with Crippen molar-refractivity contribution in [1.82, 2.24) is 4.98 Å². The quantitative estimate of drug-likeness (QED) is 0.651. The summed E-state index contributed by atoms with van der Waals surface area (Å²) in [4.78, 5) is 23.6. The maximum atomic E-state index is 10.6. The highest BCUT2D eigenvalue weighted by molar-refractivity contribution is 5.95. The topological polar surface area (TPSA) is 90.4 Å². The van der Waals surface area contributed by atoms with Gasteiger partial charge in [-0.25, -0.2) is 9.59 Å². The highest BCUT2D eigenvalue weighted by Gasteiger charge is 2.18. The van der Waals surface area contributed by atoms with Gasteiger partial charge in [0.05, 0.1) is 5.56 Å². The Morgan fingerprint density at radius 3 is 2.38 bits per heavy atom. The lowest BCUT2D eigenvalue weighted by molar-refractivity contribution is 0.0688. The molecule has 0 amide bonds. The van der Waals surface area contributed by atoms with Crippen molar-refractivity contribution in [3.05, 3.63) is 23.0 Å². The number of hydrogen-bond donors (Lipinski definition) is 3. The summed E-state index contributed by atoms with van der Waals surface area (Å²) in [5.74, 6) is -2.25. The van der Waals surface area contributed by atoms with Gasteiger partial charge in [-0.1, -0.05) is 6.92 Å². The molecule has 5 heteroatoms. The largest absolute Gasteiger partial charge is 0.478 e. The van der Waals surface area contributed by atoms with Gasteiger partial charge in [-0.3, -0.25) is 0 Å². The summed E-state index contributed by atoms with van der Waals surface area (Å²) in [6.45, 7) is 1.71. The number of H-pyrrole nitrogens is 1. The molecule has 0 unspecified atom stereocenters. The standard InChI is InChI=1S/C8H9NO4/c1-2-4-5(7(10)11)3-9-6(4)8(12)13/h3,9H,2H2,1H3,(H,10,11)(H,12,13). The summed E-state index contributed by atoms with van der Waals surface area (Å²) in [7, 11) is 0. The van der Waals surface area contributed by atoms with E-state index in [-0.39, 0.29) is 11.3 Å². The highest BCUT2D eigenvalue weighted by atomic mass is 16.4. The molecule has 13 heavy (non-hydrogen) atoms. The molecule has 1 aromatic rings. The fourth-order valence-corrected chi connectivity index (χ4v) is 1.20. The molecular formula is C8H9NO4. The molecule has 0 fully saturated rings. The predicted molar refractivity (Wildman–Crippen MR) is 44.1 cm³/mol. The highest BCUT2D eigenvalue weighted by Crippen LogP contribution is 2.14. The van der Waals surface area contributed by atoms with Gasteiger partial charge in [0.25, 0.3) is 0 Å². The minimum Gasteiger partial charge on any atom is -0.478 e. The monoisotopic (exact) mass is 183 g/mol. The maximum absolute atomic E-state index is 10.6. The molecule has 0 saturated carbocycles. The van der Waals surface area contributed by atoms with Crippen LogP contribution in [0.15, 0.2) is 6.20 Å². The Morgan fingerprint density at radius 2 is 2.00 bits per heavy atom. The first-order chi connectivity index (χ1) is 6.07. The third kappa shape index (κ3) is 1.53. The average molecular weight is 183 g/mol. The van der Waals surface area contributed by atoms with Gasteiger partial charge >= 0.3 is 11.9 Å². The molecular weight excluding hydrogens is 174 g/mol. The van der Waals surface area contributed by atoms with Crippen molar-refractivity contribution >= 4 is 11.9 Å². The lowest BCUT2D eigenvalue weighted by Crippen LogP contribution is -2.04. The number of rotatable bonds is 3. The Hall–Kier alpha value is -1.78. The maximum Gasteiger partial charge on any atom is 0.352 e. The van der Waals surface area contributed by atoms with Crippen LogP contribution in [-0.4, -0.2) is 27.1 Å². The van der Waals surface area contributed by atoms with Gasteiger partial charge in [-0.15, -0.1) is 0 Å². The number of carbonyl (C=O) groups is 2. The molecule has 1 heterocycles. The second kappa shape index (κ2) is 3.30. The fourth-order valence-electron chi connectivity index (χ4n) is 1.20. The number of nitrogens with one attached hydrogen (secondary N) is 1. The molecule has 70 valence electrons. The van der Waals surface area contributed by atoms with Crippen molar-refractivity contribution in [2.24, 2.45) is 0 Å². The van der Waals surface area contributed by atoms with E-state index in [4.69, 9.17) is 10.2 Å². The minimum absolute atomic E-state index is 0.0277. The molecule has 5 nitrogen and oxygen atoms in total. The zero-order valence-electron chi connectivity index (χ0n) is 7.00. The van der Waals surface area contributed by atoms with E-state index < -0.39 is 11.9 Å².